The van der Waals surface area contributed by atoms with E-state index in [9.17, 15) is 40.7 Å². The number of amides is 1. The summed E-state index contributed by atoms with van der Waals surface area (Å²) in [6.07, 6.45) is -7.62. The molecule has 5 rings (SSSR count). The van der Waals surface area contributed by atoms with Gasteiger partial charge < -0.3 is 9.47 Å². The number of rotatable bonds is 4. The molecule has 1 amide bonds. The smallest absolute Gasteiger partial charge is 0.333 e. The van der Waals surface area contributed by atoms with E-state index < -0.39 is 41.5 Å². The maximum absolute atomic E-state index is 14.3. The molecular formula is C30H23F6N3O3. The van der Waals surface area contributed by atoms with Crippen molar-refractivity contribution in [3.05, 3.63) is 99.1 Å². The molecule has 2 aromatic heterocycles. The first-order valence-corrected chi connectivity index (χ1v) is 12.9. The lowest BCUT2D eigenvalue weighted by Gasteiger charge is -2.32. The van der Waals surface area contributed by atoms with Crippen LogP contribution in [0.3, 0.4) is 0 Å². The van der Waals surface area contributed by atoms with Crippen molar-refractivity contribution in [1.29, 1.82) is 0 Å². The van der Waals surface area contributed by atoms with Crippen LogP contribution in [0.2, 0.25) is 0 Å². The fourth-order valence-corrected chi connectivity index (χ4v) is 5.24. The van der Waals surface area contributed by atoms with Gasteiger partial charge in [0.2, 0.25) is 0 Å². The zero-order valence-electron chi connectivity index (χ0n) is 22.1. The molecule has 0 saturated carbocycles. The number of halogens is 6. The molecule has 0 saturated heterocycles. The van der Waals surface area contributed by atoms with Gasteiger partial charge in [-0.05, 0) is 47.7 Å². The van der Waals surface area contributed by atoms with Gasteiger partial charge in [-0.15, -0.1) is 0 Å². The molecule has 1 aliphatic rings. The number of pyridine rings is 2. The van der Waals surface area contributed by atoms with E-state index in [0.717, 1.165) is 0 Å². The van der Waals surface area contributed by atoms with Crippen molar-refractivity contribution in [2.75, 3.05) is 6.54 Å². The van der Waals surface area contributed by atoms with Crippen molar-refractivity contribution in [3.8, 4) is 11.1 Å². The molecule has 218 valence electrons. The van der Waals surface area contributed by atoms with Crippen molar-refractivity contribution < 1.29 is 35.9 Å². The summed E-state index contributed by atoms with van der Waals surface area (Å²) in [5, 5.41) is 0.341. The molecule has 42 heavy (non-hydrogen) atoms. The Bertz CT molecular complexity index is 1710. The standard InChI is InChI=1S/C30H23F6N3O3/c1-17-8-10-39-26(24(20-6-4-18(16-40)5-7-20)23-3-2-9-37-25(23)27(39)41)28(42)38(14-17)15-19-11-21(29(31,32)33)13-22(12-19)30(34,35)36/h2-7,9,11-13,16-17H,8,10,14-15H2,1H3. The van der Waals surface area contributed by atoms with E-state index in [4.69, 9.17) is 0 Å². The first kappa shape index (κ1) is 29.0. The molecule has 0 radical (unpaired) electrons. The van der Waals surface area contributed by atoms with E-state index >= 15 is 0 Å². The predicted molar refractivity (Wildman–Crippen MR) is 142 cm³/mol. The van der Waals surface area contributed by atoms with Gasteiger partial charge in [0, 0.05) is 42.3 Å². The lowest BCUT2D eigenvalue weighted by atomic mass is 9.95. The third-order valence-electron chi connectivity index (χ3n) is 7.26. The molecule has 0 fully saturated rings. The van der Waals surface area contributed by atoms with Crippen LogP contribution in [0.25, 0.3) is 22.0 Å². The van der Waals surface area contributed by atoms with Gasteiger partial charge in [0.15, 0.2) is 0 Å². The highest BCUT2D eigenvalue weighted by Crippen LogP contribution is 2.37. The Morgan fingerprint density at radius 2 is 1.60 bits per heavy atom. The molecule has 2 aromatic carbocycles. The average molecular weight is 588 g/mol. The monoisotopic (exact) mass is 587 g/mol. The van der Waals surface area contributed by atoms with Crippen LogP contribution in [-0.4, -0.2) is 33.2 Å². The maximum atomic E-state index is 14.3. The van der Waals surface area contributed by atoms with Crippen LogP contribution in [0.1, 0.15) is 50.9 Å². The number of hydrogen-bond donors (Lipinski definition) is 0. The molecule has 1 unspecified atom stereocenters. The van der Waals surface area contributed by atoms with E-state index in [-0.39, 0.29) is 41.8 Å². The highest BCUT2D eigenvalue weighted by Gasteiger charge is 2.38. The maximum Gasteiger partial charge on any atom is 0.416 e. The van der Waals surface area contributed by atoms with Crippen molar-refractivity contribution in [2.24, 2.45) is 5.92 Å². The summed E-state index contributed by atoms with van der Waals surface area (Å²) < 4.78 is 82.5. The molecule has 0 bridgehead atoms. The number of aldehydes is 1. The lowest BCUT2D eigenvalue weighted by molar-refractivity contribution is -0.143. The highest BCUT2D eigenvalue weighted by molar-refractivity contribution is 6.07. The minimum atomic E-state index is -5.05. The summed E-state index contributed by atoms with van der Waals surface area (Å²) >= 11 is 0. The fourth-order valence-electron chi connectivity index (χ4n) is 5.24. The number of carbonyl (C=O) groups excluding carboxylic acids is 2. The number of carbonyl (C=O) groups is 2. The van der Waals surface area contributed by atoms with E-state index in [1.54, 1.807) is 31.2 Å². The van der Waals surface area contributed by atoms with E-state index in [1.165, 1.54) is 27.8 Å². The van der Waals surface area contributed by atoms with Gasteiger partial charge >= 0.3 is 12.4 Å². The third kappa shape index (κ3) is 5.53. The van der Waals surface area contributed by atoms with Gasteiger partial charge in [0.1, 0.15) is 17.5 Å². The molecule has 4 aromatic rings. The molecule has 0 aliphatic carbocycles. The Hall–Kier alpha value is -4.48. The van der Waals surface area contributed by atoms with Crippen LogP contribution in [0, 0.1) is 5.92 Å². The Labute approximate surface area is 235 Å². The normalized spacial score (nSPS) is 16.2. The van der Waals surface area contributed by atoms with Crippen molar-refractivity contribution in [1.82, 2.24) is 14.5 Å². The number of hydrogen-bond acceptors (Lipinski definition) is 4. The lowest BCUT2D eigenvalue weighted by Crippen LogP contribution is -2.41. The second-order valence-electron chi connectivity index (χ2n) is 10.3. The Morgan fingerprint density at radius 3 is 2.19 bits per heavy atom. The summed E-state index contributed by atoms with van der Waals surface area (Å²) in [4.78, 5) is 44.5. The van der Waals surface area contributed by atoms with Gasteiger partial charge in [0.25, 0.3) is 11.5 Å². The quantitative estimate of drug-likeness (QED) is 0.199. The van der Waals surface area contributed by atoms with Gasteiger partial charge in [-0.1, -0.05) is 37.3 Å². The van der Waals surface area contributed by atoms with Gasteiger partial charge in [-0.25, -0.2) is 0 Å². The van der Waals surface area contributed by atoms with Crippen molar-refractivity contribution in [3.63, 3.8) is 0 Å². The van der Waals surface area contributed by atoms with Crippen molar-refractivity contribution in [2.45, 2.75) is 38.8 Å². The molecule has 1 aliphatic heterocycles. The fraction of sp³-hybridized carbons (Fsp3) is 0.267. The number of aromatic nitrogens is 2. The first-order chi connectivity index (χ1) is 19.8. The minimum Gasteiger partial charge on any atom is -0.333 e. The molecule has 3 heterocycles. The average Bonchev–Trinajstić information content (AvgIpc) is 2.94. The number of fused-ring (bicyclic) bond motifs is 2. The van der Waals surface area contributed by atoms with E-state index in [2.05, 4.69) is 4.98 Å². The summed E-state index contributed by atoms with van der Waals surface area (Å²) in [7, 11) is 0. The largest absolute Gasteiger partial charge is 0.416 e. The zero-order chi connectivity index (χ0) is 30.4. The number of benzene rings is 2. The van der Waals surface area contributed by atoms with Crippen LogP contribution >= 0.6 is 0 Å². The molecule has 0 spiro atoms. The Kier molecular flexibility index (Phi) is 7.42. The molecule has 1 atom stereocenters. The minimum absolute atomic E-state index is 0.0270. The SMILES string of the molecule is CC1CCn2c(c(-c3ccc(C=O)cc3)c3cccnc3c2=O)C(=O)N(Cc2cc(C(F)(F)F)cc(C(F)(F)F)c2)C1. The van der Waals surface area contributed by atoms with Crippen LogP contribution < -0.4 is 5.56 Å². The predicted octanol–water partition coefficient (Wildman–Crippen LogP) is 6.60. The van der Waals surface area contributed by atoms with Crippen LogP contribution in [0.5, 0.6) is 0 Å². The topological polar surface area (TPSA) is 72.3 Å². The molecular weight excluding hydrogens is 564 g/mol. The summed E-state index contributed by atoms with van der Waals surface area (Å²) in [5.74, 6) is -0.971. The molecule has 0 N–H and O–H groups in total. The first-order valence-electron chi connectivity index (χ1n) is 12.9. The van der Waals surface area contributed by atoms with Gasteiger partial charge in [0.05, 0.1) is 11.1 Å². The van der Waals surface area contributed by atoms with E-state index in [1.807, 2.05) is 0 Å². The summed E-state index contributed by atoms with van der Waals surface area (Å²) in [6, 6.07) is 10.7. The van der Waals surface area contributed by atoms with Gasteiger partial charge in [-0.2, -0.15) is 26.3 Å². The molecule has 12 heteroatoms. The Balaban J connectivity index is 1.72. The van der Waals surface area contributed by atoms with Crippen LogP contribution in [-0.2, 0) is 25.4 Å². The van der Waals surface area contributed by atoms with Gasteiger partial charge in [-0.3, -0.25) is 19.4 Å². The Morgan fingerprint density at radius 1 is 0.952 bits per heavy atom. The second kappa shape index (κ2) is 10.7. The summed E-state index contributed by atoms with van der Waals surface area (Å²) in [6.45, 7) is 1.39. The summed E-state index contributed by atoms with van der Waals surface area (Å²) in [5.41, 5.74) is -2.67. The third-order valence-corrected chi connectivity index (χ3v) is 7.26. The number of nitrogens with zero attached hydrogens (tertiary/aromatic N) is 3. The number of alkyl halides is 6. The zero-order valence-corrected chi connectivity index (χ0v) is 22.1. The van der Waals surface area contributed by atoms with E-state index in [0.29, 0.717) is 46.9 Å². The van der Waals surface area contributed by atoms with Crippen molar-refractivity contribution >= 4 is 23.1 Å². The molecule has 6 nitrogen and oxygen atoms in total. The van der Waals surface area contributed by atoms with Crippen LogP contribution in [0.15, 0.2) is 65.6 Å². The second-order valence-corrected chi connectivity index (χ2v) is 10.3. The van der Waals surface area contributed by atoms with Crippen LogP contribution in [0.4, 0.5) is 26.3 Å². The highest BCUT2D eigenvalue weighted by atomic mass is 19.4.